The number of aromatic amines is 1. The highest BCUT2D eigenvalue weighted by molar-refractivity contribution is 5.74. The van der Waals surface area contributed by atoms with Crippen molar-refractivity contribution >= 4 is 6.03 Å². The highest BCUT2D eigenvalue weighted by Gasteiger charge is 2.22. The molecule has 124 valence electrons. The number of hydrogen-bond donors (Lipinski definition) is 2. The minimum Gasteiger partial charge on any atom is -0.336 e. The van der Waals surface area contributed by atoms with E-state index in [2.05, 4.69) is 41.2 Å². The average Bonchev–Trinajstić information content (AvgIpc) is 2.99. The molecule has 0 spiro atoms. The van der Waals surface area contributed by atoms with Gasteiger partial charge >= 0.3 is 6.03 Å². The first-order chi connectivity index (χ1) is 10.6. The van der Waals surface area contributed by atoms with Crippen LogP contribution >= 0.6 is 0 Å². The summed E-state index contributed by atoms with van der Waals surface area (Å²) >= 11 is 0. The number of hydrogen-bond acceptors (Lipinski definition) is 3. The number of nitrogens with zero attached hydrogens (tertiary/aromatic N) is 3. The van der Waals surface area contributed by atoms with Crippen molar-refractivity contribution < 1.29 is 4.79 Å². The van der Waals surface area contributed by atoms with Gasteiger partial charge in [-0.2, -0.15) is 5.10 Å². The molecule has 2 rings (SSSR count). The second kappa shape index (κ2) is 8.17. The average molecular weight is 307 g/mol. The van der Waals surface area contributed by atoms with Crippen LogP contribution in [-0.2, 0) is 13.0 Å². The van der Waals surface area contributed by atoms with E-state index in [-0.39, 0.29) is 12.1 Å². The van der Waals surface area contributed by atoms with E-state index in [1.54, 1.807) is 0 Å². The predicted molar refractivity (Wildman–Crippen MR) is 87.7 cm³/mol. The molecule has 1 aromatic rings. The molecule has 0 radical (unpaired) electrons. The zero-order valence-corrected chi connectivity index (χ0v) is 14.1. The second-order valence-electron chi connectivity index (χ2n) is 6.06. The maximum atomic E-state index is 12.3. The summed E-state index contributed by atoms with van der Waals surface area (Å²) in [6.07, 6.45) is 4.82. The van der Waals surface area contributed by atoms with E-state index in [0.717, 1.165) is 56.7 Å². The van der Waals surface area contributed by atoms with E-state index >= 15 is 0 Å². The minimum atomic E-state index is 0.0437. The van der Waals surface area contributed by atoms with E-state index in [4.69, 9.17) is 0 Å². The lowest BCUT2D eigenvalue weighted by atomic mass is 10.1. The Kier molecular flexibility index (Phi) is 6.24. The molecular weight excluding hydrogens is 278 g/mol. The molecule has 0 saturated heterocycles. The number of carbonyl (C=O) groups is 1. The Hall–Kier alpha value is -1.56. The van der Waals surface area contributed by atoms with Gasteiger partial charge < -0.3 is 15.1 Å². The molecule has 22 heavy (non-hydrogen) atoms. The van der Waals surface area contributed by atoms with Crippen molar-refractivity contribution in [1.29, 1.82) is 0 Å². The molecule has 1 aliphatic rings. The van der Waals surface area contributed by atoms with Crippen LogP contribution in [0.15, 0.2) is 6.20 Å². The molecule has 0 saturated carbocycles. The number of H-pyrrole nitrogens is 1. The first-order valence-corrected chi connectivity index (χ1v) is 8.42. The van der Waals surface area contributed by atoms with Crippen molar-refractivity contribution in [1.82, 2.24) is 25.3 Å². The maximum absolute atomic E-state index is 12.3. The van der Waals surface area contributed by atoms with Gasteiger partial charge in [-0.15, -0.1) is 0 Å². The number of nitrogens with one attached hydrogen (secondary N) is 2. The lowest BCUT2D eigenvalue weighted by Crippen LogP contribution is -2.45. The summed E-state index contributed by atoms with van der Waals surface area (Å²) in [6.45, 7) is 11.2. The third-order valence-electron chi connectivity index (χ3n) is 4.46. The SMILES string of the molecule is CCN(CC)CCC[C@H](C)NC(=O)N1CCc2[nH]ncc2C1. The predicted octanol–water partition coefficient (Wildman–Crippen LogP) is 1.99. The number of amides is 2. The smallest absolute Gasteiger partial charge is 0.317 e. The Morgan fingerprint density at radius 2 is 2.27 bits per heavy atom. The summed E-state index contributed by atoms with van der Waals surface area (Å²) in [7, 11) is 0. The van der Waals surface area contributed by atoms with Crippen LogP contribution in [-0.4, -0.2) is 58.2 Å². The Morgan fingerprint density at radius 1 is 1.50 bits per heavy atom. The third kappa shape index (κ3) is 4.47. The van der Waals surface area contributed by atoms with E-state index in [9.17, 15) is 4.79 Å². The van der Waals surface area contributed by atoms with Gasteiger partial charge in [0.1, 0.15) is 0 Å². The molecule has 0 unspecified atom stereocenters. The molecule has 2 N–H and O–H groups in total. The summed E-state index contributed by atoms with van der Waals surface area (Å²) in [5.74, 6) is 0. The topological polar surface area (TPSA) is 64.3 Å². The summed E-state index contributed by atoms with van der Waals surface area (Å²) in [4.78, 5) is 16.6. The zero-order chi connectivity index (χ0) is 15.9. The van der Waals surface area contributed by atoms with Crippen molar-refractivity contribution in [3.63, 3.8) is 0 Å². The van der Waals surface area contributed by atoms with Gasteiger partial charge in [0.25, 0.3) is 0 Å². The zero-order valence-electron chi connectivity index (χ0n) is 14.1. The first-order valence-electron chi connectivity index (χ1n) is 8.42. The second-order valence-corrected chi connectivity index (χ2v) is 6.06. The Bertz CT molecular complexity index is 469. The van der Waals surface area contributed by atoms with Crippen molar-refractivity contribution in [2.45, 2.75) is 52.6 Å². The van der Waals surface area contributed by atoms with Crippen molar-refractivity contribution in [2.24, 2.45) is 0 Å². The molecule has 2 heterocycles. The van der Waals surface area contributed by atoms with Crippen molar-refractivity contribution in [3.8, 4) is 0 Å². The summed E-state index contributed by atoms with van der Waals surface area (Å²) in [6, 6.07) is 0.260. The number of rotatable bonds is 7. The molecule has 2 amide bonds. The van der Waals surface area contributed by atoms with E-state index < -0.39 is 0 Å². The highest BCUT2D eigenvalue weighted by Crippen LogP contribution is 2.16. The quantitative estimate of drug-likeness (QED) is 0.809. The number of urea groups is 1. The van der Waals surface area contributed by atoms with Gasteiger partial charge in [0, 0.05) is 30.3 Å². The molecule has 1 aromatic heterocycles. The van der Waals surface area contributed by atoms with Crippen LogP contribution in [0.25, 0.3) is 0 Å². The fourth-order valence-corrected chi connectivity index (χ4v) is 2.93. The van der Waals surface area contributed by atoms with Gasteiger partial charge in [-0.3, -0.25) is 5.10 Å². The Labute approximate surface area is 133 Å². The van der Waals surface area contributed by atoms with E-state index in [0.29, 0.717) is 6.54 Å². The third-order valence-corrected chi connectivity index (χ3v) is 4.46. The van der Waals surface area contributed by atoms with Crippen LogP contribution in [0.3, 0.4) is 0 Å². The first kappa shape index (κ1) is 16.8. The van der Waals surface area contributed by atoms with Crippen LogP contribution in [0.4, 0.5) is 4.79 Å². The van der Waals surface area contributed by atoms with Crippen LogP contribution in [0.5, 0.6) is 0 Å². The van der Waals surface area contributed by atoms with Gasteiger partial charge in [-0.1, -0.05) is 13.8 Å². The lowest BCUT2D eigenvalue weighted by Gasteiger charge is -2.28. The standard InChI is InChI=1S/C16H29N5O/c1-4-20(5-2)9-6-7-13(3)18-16(22)21-10-8-15-14(12-21)11-17-19-15/h11,13H,4-10,12H2,1-3H3,(H,17,19)(H,18,22)/t13-/m0/s1. The van der Waals surface area contributed by atoms with Crippen LogP contribution < -0.4 is 5.32 Å². The molecule has 1 atom stereocenters. The highest BCUT2D eigenvalue weighted by atomic mass is 16.2. The number of fused-ring (bicyclic) bond motifs is 1. The normalized spacial score (nSPS) is 15.7. The van der Waals surface area contributed by atoms with Gasteiger partial charge in [0.05, 0.1) is 12.7 Å². The monoisotopic (exact) mass is 307 g/mol. The molecule has 0 bridgehead atoms. The molecule has 0 aromatic carbocycles. The molecule has 0 fully saturated rings. The fourth-order valence-electron chi connectivity index (χ4n) is 2.93. The van der Waals surface area contributed by atoms with E-state index in [1.165, 1.54) is 0 Å². The molecule has 0 aliphatic carbocycles. The summed E-state index contributed by atoms with van der Waals surface area (Å²) < 4.78 is 0. The molecule has 1 aliphatic heterocycles. The van der Waals surface area contributed by atoms with Crippen LogP contribution in [0, 0.1) is 0 Å². The minimum absolute atomic E-state index is 0.0437. The van der Waals surface area contributed by atoms with Gasteiger partial charge in [-0.25, -0.2) is 4.79 Å². The van der Waals surface area contributed by atoms with Gasteiger partial charge in [0.2, 0.25) is 0 Å². The molecule has 6 nitrogen and oxygen atoms in total. The fraction of sp³-hybridized carbons (Fsp3) is 0.750. The number of aromatic nitrogens is 2. The summed E-state index contributed by atoms with van der Waals surface area (Å²) in [5.41, 5.74) is 2.30. The Morgan fingerprint density at radius 3 is 3.00 bits per heavy atom. The van der Waals surface area contributed by atoms with Crippen molar-refractivity contribution in [2.75, 3.05) is 26.2 Å². The largest absolute Gasteiger partial charge is 0.336 e. The van der Waals surface area contributed by atoms with E-state index in [1.807, 2.05) is 11.1 Å². The Balaban J connectivity index is 1.70. The van der Waals surface area contributed by atoms with Crippen LogP contribution in [0.2, 0.25) is 0 Å². The number of carbonyl (C=O) groups excluding carboxylic acids is 1. The maximum Gasteiger partial charge on any atom is 0.317 e. The molecule has 6 heteroatoms. The summed E-state index contributed by atoms with van der Waals surface area (Å²) in [5, 5.41) is 10.2. The van der Waals surface area contributed by atoms with Crippen molar-refractivity contribution in [3.05, 3.63) is 17.5 Å². The van der Waals surface area contributed by atoms with Gasteiger partial charge in [-0.05, 0) is 39.4 Å². The lowest BCUT2D eigenvalue weighted by molar-refractivity contribution is 0.187. The van der Waals surface area contributed by atoms with Gasteiger partial charge in [0.15, 0.2) is 0 Å². The molecular formula is C16H29N5O. The van der Waals surface area contributed by atoms with Crippen LogP contribution in [0.1, 0.15) is 44.9 Å².